The summed E-state index contributed by atoms with van der Waals surface area (Å²) in [6.45, 7) is 4.41. The Morgan fingerprint density at radius 3 is 2.50 bits per heavy atom. The Hall–Kier alpha value is -0.830. The van der Waals surface area contributed by atoms with Gasteiger partial charge in [0, 0.05) is 30.9 Å². The van der Waals surface area contributed by atoms with Crippen LogP contribution in [0, 0.1) is 5.41 Å². The molecule has 3 heteroatoms. The molecule has 0 aliphatic heterocycles. The van der Waals surface area contributed by atoms with Gasteiger partial charge in [0.15, 0.2) is 0 Å². The summed E-state index contributed by atoms with van der Waals surface area (Å²) in [5.41, 5.74) is 7.48. The van der Waals surface area contributed by atoms with Crippen molar-refractivity contribution in [1.29, 1.82) is 0 Å². The van der Waals surface area contributed by atoms with Gasteiger partial charge in [-0.2, -0.15) is 5.10 Å². The number of aromatic nitrogens is 2. The molecule has 0 amide bonds. The molecule has 0 spiro atoms. The first-order valence-electron chi connectivity index (χ1n) is 4.28. The fourth-order valence-corrected chi connectivity index (χ4v) is 1.93. The van der Waals surface area contributed by atoms with Crippen LogP contribution in [-0.4, -0.2) is 15.8 Å². The number of hydrogen-bond acceptors (Lipinski definition) is 2. The molecule has 1 aromatic heterocycles. The third-order valence-electron chi connectivity index (χ3n) is 3.09. The van der Waals surface area contributed by atoms with E-state index in [0.717, 1.165) is 0 Å². The predicted octanol–water partition coefficient (Wildman–Crippen LogP) is 0.871. The highest BCUT2D eigenvalue weighted by Crippen LogP contribution is 2.56. The van der Waals surface area contributed by atoms with Crippen LogP contribution in [0.25, 0.3) is 0 Å². The van der Waals surface area contributed by atoms with Gasteiger partial charge >= 0.3 is 0 Å². The van der Waals surface area contributed by atoms with E-state index in [4.69, 9.17) is 5.73 Å². The second kappa shape index (κ2) is 2.10. The lowest BCUT2D eigenvalue weighted by Gasteiger charge is -2.01. The molecule has 1 aromatic rings. The monoisotopic (exact) mass is 165 g/mol. The van der Waals surface area contributed by atoms with E-state index in [2.05, 4.69) is 25.0 Å². The smallest absolute Gasteiger partial charge is 0.0492 e. The van der Waals surface area contributed by atoms with Gasteiger partial charge in [0.05, 0.1) is 0 Å². The van der Waals surface area contributed by atoms with E-state index in [1.54, 1.807) is 0 Å². The molecule has 1 aliphatic rings. The van der Waals surface area contributed by atoms with Gasteiger partial charge < -0.3 is 5.73 Å². The number of hydrogen-bond donors (Lipinski definition) is 1. The van der Waals surface area contributed by atoms with E-state index in [1.165, 1.54) is 5.69 Å². The summed E-state index contributed by atoms with van der Waals surface area (Å²) in [5.74, 6) is 0.491. The number of aryl methyl sites for hydroxylation is 1. The summed E-state index contributed by atoms with van der Waals surface area (Å²) < 4.78 is 1.92. The molecule has 1 saturated carbocycles. The number of nitrogens with two attached hydrogens (primary N) is 1. The van der Waals surface area contributed by atoms with Crippen molar-refractivity contribution >= 4 is 0 Å². The van der Waals surface area contributed by atoms with Crippen LogP contribution in [0.1, 0.15) is 25.5 Å². The van der Waals surface area contributed by atoms with Crippen molar-refractivity contribution in [3.05, 3.63) is 18.0 Å². The summed E-state index contributed by atoms with van der Waals surface area (Å²) >= 11 is 0. The first kappa shape index (κ1) is 7.80. The van der Waals surface area contributed by atoms with Crippen LogP contribution in [-0.2, 0) is 7.05 Å². The molecule has 2 N–H and O–H groups in total. The van der Waals surface area contributed by atoms with E-state index < -0.39 is 0 Å². The number of rotatable bonds is 1. The highest BCUT2D eigenvalue weighted by atomic mass is 15.3. The van der Waals surface area contributed by atoms with Gasteiger partial charge in [0.1, 0.15) is 0 Å². The van der Waals surface area contributed by atoms with Crippen LogP contribution in [0.2, 0.25) is 0 Å². The summed E-state index contributed by atoms with van der Waals surface area (Å²) in [6, 6.07) is 2.35. The normalized spacial score (nSPS) is 32.0. The van der Waals surface area contributed by atoms with Crippen molar-refractivity contribution in [2.75, 3.05) is 0 Å². The fourth-order valence-electron chi connectivity index (χ4n) is 1.93. The first-order valence-corrected chi connectivity index (χ1v) is 4.28. The van der Waals surface area contributed by atoms with Crippen LogP contribution < -0.4 is 5.73 Å². The molecule has 12 heavy (non-hydrogen) atoms. The zero-order chi connectivity index (χ0) is 8.93. The molecule has 0 unspecified atom stereocenters. The van der Waals surface area contributed by atoms with Crippen LogP contribution in [0.5, 0.6) is 0 Å². The molecular weight excluding hydrogens is 150 g/mol. The Morgan fingerprint density at radius 2 is 2.17 bits per heavy atom. The first-order chi connectivity index (χ1) is 5.55. The third-order valence-corrected chi connectivity index (χ3v) is 3.09. The Morgan fingerprint density at radius 1 is 1.58 bits per heavy atom. The lowest BCUT2D eigenvalue weighted by Crippen LogP contribution is -2.07. The van der Waals surface area contributed by atoms with Gasteiger partial charge in [0.2, 0.25) is 0 Å². The largest absolute Gasteiger partial charge is 0.327 e. The molecule has 2 atom stereocenters. The summed E-state index contributed by atoms with van der Waals surface area (Å²) in [7, 11) is 1.97. The lowest BCUT2D eigenvalue weighted by atomic mass is 10.1. The maximum Gasteiger partial charge on any atom is 0.0492 e. The van der Waals surface area contributed by atoms with E-state index in [0.29, 0.717) is 12.0 Å². The maximum absolute atomic E-state index is 5.96. The van der Waals surface area contributed by atoms with Gasteiger partial charge in [-0.3, -0.25) is 4.68 Å². The van der Waals surface area contributed by atoms with Crippen molar-refractivity contribution in [2.24, 2.45) is 18.2 Å². The Labute approximate surface area is 72.6 Å². The average Bonchev–Trinajstić information content (AvgIpc) is 2.39. The topological polar surface area (TPSA) is 43.8 Å². The van der Waals surface area contributed by atoms with Crippen LogP contribution in [0.4, 0.5) is 0 Å². The van der Waals surface area contributed by atoms with E-state index in [-0.39, 0.29) is 5.41 Å². The van der Waals surface area contributed by atoms with Crippen molar-refractivity contribution < 1.29 is 0 Å². The van der Waals surface area contributed by atoms with E-state index in [1.807, 2.05) is 17.9 Å². The molecule has 2 rings (SSSR count). The molecule has 1 aliphatic carbocycles. The molecule has 0 aromatic carbocycles. The molecule has 0 saturated heterocycles. The molecule has 66 valence electrons. The minimum absolute atomic E-state index is 0.258. The van der Waals surface area contributed by atoms with Gasteiger partial charge in [-0.15, -0.1) is 0 Å². The second-order valence-corrected chi connectivity index (χ2v) is 4.20. The molecule has 0 radical (unpaired) electrons. The van der Waals surface area contributed by atoms with Gasteiger partial charge in [-0.05, 0) is 11.5 Å². The van der Waals surface area contributed by atoms with Crippen LogP contribution >= 0.6 is 0 Å². The molecule has 1 heterocycles. The SMILES string of the molecule is Cn1nccc1[C@H]1[C@H](N)C1(C)C. The standard InChI is InChI=1S/C9H15N3/c1-9(2)7(8(9)10)6-4-5-11-12(6)3/h4-5,7-8H,10H2,1-3H3/t7-,8-/m0/s1. The highest BCUT2D eigenvalue weighted by molar-refractivity contribution is 5.28. The fraction of sp³-hybridized carbons (Fsp3) is 0.667. The Bertz CT molecular complexity index is 300. The molecule has 0 bridgehead atoms. The summed E-state index contributed by atoms with van der Waals surface area (Å²) in [5, 5.41) is 4.14. The minimum Gasteiger partial charge on any atom is -0.327 e. The summed E-state index contributed by atoms with van der Waals surface area (Å²) in [4.78, 5) is 0. The van der Waals surface area contributed by atoms with E-state index >= 15 is 0 Å². The third kappa shape index (κ3) is 0.829. The molecule has 3 nitrogen and oxygen atoms in total. The van der Waals surface area contributed by atoms with Gasteiger partial charge in [-0.25, -0.2) is 0 Å². The zero-order valence-corrected chi connectivity index (χ0v) is 7.78. The van der Waals surface area contributed by atoms with Crippen molar-refractivity contribution in [3.8, 4) is 0 Å². The Kier molecular flexibility index (Phi) is 1.37. The second-order valence-electron chi connectivity index (χ2n) is 4.20. The highest BCUT2D eigenvalue weighted by Gasteiger charge is 2.57. The maximum atomic E-state index is 5.96. The van der Waals surface area contributed by atoms with Crippen molar-refractivity contribution in [3.63, 3.8) is 0 Å². The van der Waals surface area contributed by atoms with Gasteiger partial charge in [0.25, 0.3) is 0 Å². The van der Waals surface area contributed by atoms with Crippen molar-refractivity contribution in [2.45, 2.75) is 25.8 Å². The molecule has 1 fully saturated rings. The van der Waals surface area contributed by atoms with Crippen molar-refractivity contribution in [1.82, 2.24) is 9.78 Å². The predicted molar refractivity (Wildman–Crippen MR) is 47.7 cm³/mol. The average molecular weight is 165 g/mol. The lowest BCUT2D eigenvalue weighted by molar-refractivity contribution is 0.581. The van der Waals surface area contributed by atoms with Crippen LogP contribution in [0.15, 0.2) is 12.3 Å². The molecular formula is C9H15N3. The quantitative estimate of drug-likeness (QED) is 0.671. The minimum atomic E-state index is 0.258. The summed E-state index contributed by atoms with van der Waals surface area (Å²) in [6.07, 6.45) is 1.83. The number of nitrogens with zero attached hydrogens (tertiary/aromatic N) is 2. The van der Waals surface area contributed by atoms with Crippen LogP contribution in [0.3, 0.4) is 0 Å². The van der Waals surface area contributed by atoms with E-state index in [9.17, 15) is 0 Å². The zero-order valence-electron chi connectivity index (χ0n) is 7.78. The van der Waals surface area contributed by atoms with Gasteiger partial charge in [-0.1, -0.05) is 13.8 Å². The Balaban J connectivity index is 2.30.